The van der Waals surface area contributed by atoms with Crippen LogP contribution in [0.25, 0.3) is 6.08 Å². The topological polar surface area (TPSA) is 102 Å². The highest BCUT2D eigenvalue weighted by molar-refractivity contribution is 9.10. The monoisotopic (exact) mass is 590 g/mol. The van der Waals surface area contributed by atoms with Crippen LogP contribution in [0, 0.1) is 13.8 Å². The second kappa shape index (κ2) is 11.7. The summed E-state index contributed by atoms with van der Waals surface area (Å²) in [5.41, 5.74) is 5.16. The minimum Gasteiger partial charge on any atom is -0.496 e. The van der Waals surface area contributed by atoms with Gasteiger partial charge in [0.1, 0.15) is 11.3 Å². The van der Waals surface area contributed by atoms with Gasteiger partial charge in [0.2, 0.25) is 0 Å². The van der Waals surface area contributed by atoms with Gasteiger partial charge in [0.05, 0.1) is 25.0 Å². The van der Waals surface area contributed by atoms with Crippen LogP contribution in [0.4, 0.5) is 10.5 Å². The first-order chi connectivity index (χ1) is 18.6. The highest BCUT2D eigenvalue weighted by atomic mass is 79.9. The first-order valence-electron chi connectivity index (χ1n) is 12.2. The first-order valence-corrected chi connectivity index (χ1v) is 13.0. The molecule has 1 aliphatic heterocycles. The number of benzene rings is 3. The minimum atomic E-state index is -0.881. The summed E-state index contributed by atoms with van der Waals surface area (Å²) in [6, 6.07) is 14.8. The lowest BCUT2D eigenvalue weighted by Gasteiger charge is -2.26. The van der Waals surface area contributed by atoms with Crippen LogP contribution in [0.15, 0.2) is 64.6 Å². The largest absolute Gasteiger partial charge is 0.496 e. The normalized spacial score (nSPS) is 14.4. The number of carbonyl (C=O) groups is 4. The number of esters is 1. The number of imide groups is 2. The fourth-order valence-corrected chi connectivity index (χ4v) is 5.06. The zero-order chi connectivity index (χ0) is 28.3. The van der Waals surface area contributed by atoms with Crippen LogP contribution >= 0.6 is 15.9 Å². The molecule has 0 unspecified atom stereocenters. The van der Waals surface area contributed by atoms with Crippen molar-refractivity contribution in [2.75, 3.05) is 18.6 Å². The van der Waals surface area contributed by atoms with Crippen molar-refractivity contribution in [3.8, 4) is 5.75 Å². The molecule has 0 aliphatic carbocycles. The number of hydrogen-bond donors (Lipinski definition) is 1. The molecule has 0 aromatic heterocycles. The Labute approximate surface area is 234 Å². The maximum atomic E-state index is 13.3. The molecular formula is C30H27BrN2O6. The van der Waals surface area contributed by atoms with E-state index in [0.29, 0.717) is 17.7 Å². The highest BCUT2D eigenvalue weighted by Crippen LogP contribution is 2.33. The van der Waals surface area contributed by atoms with E-state index in [-0.39, 0.29) is 23.4 Å². The van der Waals surface area contributed by atoms with Crippen LogP contribution < -0.4 is 15.0 Å². The molecular weight excluding hydrogens is 564 g/mol. The van der Waals surface area contributed by atoms with Gasteiger partial charge >= 0.3 is 12.0 Å². The number of aryl methyl sites for hydroxylation is 2. The molecule has 4 rings (SSSR count). The van der Waals surface area contributed by atoms with Gasteiger partial charge in [0.25, 0.3) is 11.8 Å². The van der Waals surface area contributed by atoms with Gasteiger partial charge in [0, 0.05) is 16.5 Å². The van der Waals surface area contributed by atoms with E-state index in [1.807, 2.05) is 13.8 Å². The third-order valence-electron chi connectivity index (χ3n) is 6.11. The molecule has 1 fully saturated rings. The quantitative estimate of drug-likeness (QED) is 0.221. The molecule has 0 atom stereocenters. The van der Waals surface area contributed by atoms with Crippen molar-refractivity contribution in [3.63, 3.8) is 0 Å². The molecule has 1 saturated heterocycles. The molecule has 0 spiro atoms. The van der Waals surface area contributed by atoms with E-state index in [1.54, 1.807) is 26.2 Å². The molecule has 1 N–H and O–H groups in total. The average molecular weight is 591 g/mol. The average Bonchev–Trinajstić information content (AvgIpc) is 2.87. The van der Waals surface area contributed by atoms with E-state index >= 15 is 0 Å². The third kappa shape index (κ3) is 6.09. The summed E-state index contributed by atoms with van der Waals surface area (Å²) in [6.45, 7) is 6.01. The van der Waals surface area contributed by atoms with Crippen LogP contribution in [-0.2, 0) is 20.7 Å². The number of rotatable bonds is 7. The molecule has 0 bridgehead atoms. The van der Waals surface area contributed by atoms with Gasteiger partial charge in [-0.1, -0.05) is 45.3 Å². The zero-order valence-corrected chi connectivity index (χ0v) is 23.5. The Morgan fingerprint density at radius 3 is 2.28 bits per heavy atom. The van der Waals surface area contributed by atoms with Crippen LogP contribution in [0.5, 0.6) is 5.75 Å². The number of barbiturate groups is 1. The summed E-state index contributed by atoms with van der Waals surface area (Å²) >= 11 is 3.62. The van der Waals surface area contributed by atoms with Gasteiger partial charge in [-0.15, -0.1) is 0 Å². The highest BCUT2D eigenvalue weighted by Gasteiger charge is 2.37. The van der Waals surface area contributed by atoms with Crippen LogP contribution in [0.1, 0.15) is 45.1 Å². The van der Waals surface area contributed by atoms with Crippen molar-refractivity contribution in [1.29, 1.82) is 0 Å². The zero-order valence-electron chi connectivity index (χ0n) is 22.0. The van der Waals surface area contributed by atoms with Crippen molar-refractivity contribution < 1.29 is 28.7 Å². The number of nitrogens with zero attached hydrogens (tertiary/aromatic N) is 1. The number of hydrogen-bond acceptors (Lipinski definition) is 6. The van der Waals surface area contributed by atoms with E-state index < -0.39 is 23.8 Å². The maximum absolute atomic E-state index is 13.3. The Bertz CT molecular complexity index is 1490. The van der Waals surface area contributed by atoms with E-state index in [0.717, 1.165) is 31.6 Å². The molecule has 0 saturated carbocycles. The number of ether oxygens (including phenoxy) is 2. The number of carbonyl (C=O) groups excluding carboxylic acids is 4. The second-order valence-electron chi connectivity index (χ2n) is 9.08. The summed E-state index contributed by atoms with van der Waals surface area (Å²) < 4.78 is 11.4. The Morgan fingerprint density at radius 1 is 1.00 bits per heavy atom. The Morgan fingerprint density at radius 2 is 1.67 bits per heavy atom. The molecule has 3 aromatic carbocycles. The summed E-state index contributed by atoms with van der Waals surface area (Å²) in [5, 5.41) is 2.21. The number of urea groups is 1. The predicted octanol–water partition coefficient (Wildman–Crippen LogP) is 5.51. The summed E-state index contributed by atoms with van der Waals surface area (Å²) in [6.07, 6.45) is 2.03. The lowest BCUT2D eigenvalue weighted by atomic mass is 9.98. The smallest absolute Gasteiger partial charge is 0.338 e. The molecule has 1 heterocycles. The SMILES string of the molecule is CCOC(=O)c1ccc(N2C(=O)NC(=O)/C(=C\c3cc(Br)c(Cc4cc(C)cc(C)c4)c(OC)c3)C2=O)cc1. The van der Waals surface area contributed by atoms with Crippen molar-refractivity contribution in [2.45, 2.75) is 27.2 Å². The lowest BCUT2D eigenvalue weighted by molar-refractivity contribution is -0.122. The Balaban J connectivity index is 1.66. The first kappa shape index (κ1) is 27.8. The second-order valence-corrected chi connectivity index (χ2v) is 9.94. The van der Waals surface area contributed by atoms with Gasteiger partial charge in [-0.05, 0) is 74.4 Å². The van der Waals surface area contributed by atoms with Gasteiger partial charge in [-0.3, -0.25) is 14.9 Å². The molecule has 39 heavy (non-hydrogen) atoms. The molecule has 3 aromatic rings. The summed E-state index contributed by atoms with van der Waals surface area (Å²) in [4.78, 5) is 51.4. The van der Waals surface area contributed by atoms with Crippen molar-refractivity contribution in [3.05, 3.63) is 98.0 Å². The Kier molecular flexibility index (Phi) is 8.30. The number of nitrogens with one attached hydrogen (secondary N) is 1. The molecule has 200 valence electrons. The minimum absolute atomic E-state index is 0.200. The molecule has 8 nitrogen and oxygen atoms in total. The van der Waals surface area contributed by atoms with Crippen LogP contribution in [0.3, 0.4) is 0 Å². The molecule has 4 amide bonds. The van der Waals surface area contributed by atoms with E-state index in [4.69, 9.17) is 9.47 Å². The molecule has 1 aliphatic rings. The number of anilines is 1. The molecule has 9 heteroatoms. The maximum Gasteiger partial charge on any atom is 0.338 e. The third-order valence-corrected chi connectivity index (χ3v) is 6.82. The van der Waals surface area contributed by atoms with Gasteiger partial charge < -0.3 is 9.47 Å². The van der Waals surface area contributed by atoms with Crippen molar-refractivity contribution >= 4 is 51.5 Å². The van der Waals surface area contributed by atoms with E-state index in [1.165, 1.54) is 30.3 Å². The lowest BCUT2D eigenvalue weighted by Crippen LogP contribution is -2.54. The predicted molar refractivity (Wildman–Crippen MR) is 151 cm³/mol. The van der Waals surface area contributed by atoms with Crippen LogP contribution in [-0.4, -0.2) is 37.5 Å². The van der Waals surface area contributed by atoms with Crippen LogP contribution in [0.2, 0.25) is 0 Å². The fraction of sp³-hybridized carbons (Fsp3) is 0.200. The van der Waals surface area contributed by atoms with Crippen molar-refractivity contribution in [2.24, 2.45) is 0 Å². The number of amides is 4. The Hall–Kier alpha value is -4.24. The molecule has 0 radical (unpaired) electrons. The van der Waals surface area contributed by atoms with Gasteiger partial charge in [-0.25, -0.2) is 14.5 Å². The number of methoxy groups -OCH3 is 1. The van der Waals surface area contributed by atoms with Gasteiger partial charge in [0.15, 0.2) is 0 Å². The van der Waals surface area contributed by atoms with Crippen molar-refractivity contribution in [1.82, 2.24) is 5.32 Å². The van der Waals surface area contributed by atoms with Gasteiger partial charge in [-0.2, -0.15) is 0 Å². The summed E-state index contributed by atoms with van der Waals surface area (Å²) in [5.74, 6) is -1.53. The number of halogens is 1. The van der Waals surface area contributed by atoms with E-state index in [2.05, 4.69) is 39.4 Å². The van der Waals surface area contributed by atoms with E-state index in [9.17, 15) is 19.2 Å². The standard InChI is InChI=1S/C30H27BrN2O6/c1-5-39-29(36)21-6-8-22(9-7-21)33-28(35)24(27(34)32-30(33)37)14-20-15-25(31)23(26(16-20)38-4)13-19-11-17(2)10-18(3)12-19/h6-12,14-16H,5,13H2,1-4H3,(H,32,34,37)/b24-14+. The summed E-state index contributed by atoms with van der Waals surface area (Å²) in [7, 11) is 1.56. The fourth-order valence-electron chi connectivity index (χ4n) is 4.46.